The molecule has 5 nitrogen and oxygen atoms in total. The molecule has 0 fully saturated rings. The van der Waals surface area contributed by atoms with Crippen LogP contribution in [-0.2, 0) is 21.3 Å². The second kappa shape index (κ2) is 16.8. The maximum absolute atomic E-state index is 10.4. The molecule has 0 amide bonds. The molecule has 0 aliphatic heterocycles. The van der Waals surface area contributed by atoms with Crippen LogP contribution in [0.25, 0.3) is 0 Å². The predicted molar refractivity (Wildman–Crippen MR) is 104 cm³/mol. The second-order valence-corrected chi connectivity index (χ2v) is 8.12. The molecule has 7 heteroatoms. The maximum atomic E-state index is 10.4. The maximum Gasteiger partial charge on any atom is 1.00 e. The topological polar surface area (TPSA) is 75.7 Å². The largest absolute Gasteiger partial charge is 1.00 e. The Bertz CT molecular complexity index is 560. The summed E-state index contributed by atoms with van der Waals surface area (Å²) in [6, 6.07) is 8.22. The number of hydrogen-bond donors (Lipinski definition) is 0. The summed E-state index contributed by atoms with van der Waals surface area (Å²) in [6.45, 7) is 3.58. The molecule has 1 rings (SSSR count). The van der Waals surface area contributed by atoms with Crippen molar-refractivity contribution < 1.29 is 52.0 Å². The number of hydrogen-bond acceptors (Lipinski definition) is 5. The van der Waals surface area contributed by atoms with Crippen LogP contribution >= 0.6 is 0 Å². The Morgan fingerprint density at radius 1 is 0.852 bits per heavy atom. The molecule has 0 saturated carbocycles. The van der Waals surface area contributed by atoms with Crippen molar-refractivity contribution in [3.05, 3.63) is 29.8 Å². The van der Waals surface area contributed by atoms with E-state index in [9.17, 15) is 13.0 Å². The normalized spacial score (nSPS) is 11.2. The van der Waals surface area contributed by atoms with Crippen LogP contribution in [0.15, 0.2) is 24.3 Å². The van der Waals surface area contributed by atoms with Crippen molar-refractivity contribution in [3.63, 3.8) is 0 Å². The summed E-state index contributed by atoms with van der Waals surface area (Å²) in [7, 11) is -4.10. The first kappa shape index (κ1) is 26.9. The van der Waals surface area contributed by atoms with E-state index < -0.39 is 10.1 Å². The SMILES string of the molecule is CCCCCCCCc1ccc(OCCOCCCCS(=O)(=O)[O-])cc1.[Na+]. The van der Waals surface area contributed by atoms with E-state index in [0.717, 1.165) is 12.2 Å². The summed E-state index contributed by atoms with van der Waals surface area (Å²) in [5.74, 6) is 0.510. The molecule has 1 aromatic carbocycles. The molecule has 27 heavy (non-hydrogen) atoms. The Morgan fingerprint density at radius 2 is 1.52 bits per heavy atom. The van der Waals surface area contributed by atoms with Crippen LogP contribution < -0.4 is 34.3 Å². The minimum absolute atomic E-state index is 0. The Hall–Kier alpha value is -0.110. The quantitative estimate of drug-likeness (QED) is 0.234. The van der Waals surface area contributed by atoms with Gasteiger partial charge in [-0.25, -0.2) is 8.42 Å². The van der Waals surface area contributed by atoms with Crippen molar-refractivity contribution >= 4 is 10.1 Å². The average Bonchev–Trinajstić information content (AvgIpc) is 2.60. The van der Waals surface area contributed by atoms with Gasteiger partial charge in [0.25, 0.3) is 0 Å². The standard InChI is InChI=1S/C20H34O5S.Na/c1-2-3-4-5-6-7-10-19-11-13-20(14-12-19)25-17-16-24-15-8-9-18-26(21,22)23;/h11-14H,2-10,15-18H2,1H3,(H,21,22,23);/q;+1/p-1. The van der Waals surface area contributed by atoms with Gasteiger partial charge in [0.05, 0.1) is 16.7 Å². The molecular weight excluding hydrogens is 375 g/mol. The van der Waals surface area contributed by atoms with E-state index in [4.69, 9.17) is 9.47 Å². The van der Waals surface area contributed by atoms with Gasteiger partial charge < -0.3 is 14.0 Å². The van der Waals surface area contributed by atoms with Gasteiger partial charge in [0.2, 0.25) is 0 Å². The van der Waals surface area contributed by atoms with Crippen LogP contribution in [0.1, 0.15) is 63.9 Å². The minimum Gasteiger partial charge on any atom is -0.748 e. The fourth-order valence-electron chi connectivity index (χ4n) is 2.67. The molecule has 150 valence electrons. The first-order valence-electron chi connectivity index (χ1n) is 9.74. The molecule has 0 heterocycles. The summed E-state index contributed by atoms with van der Waals surface area (Å²) in [6.07, 6.45) is 9.89. The van der Waals surface area contributed by atoms with Gasteiger partial charge in [0, 0.05) is 12.4 Å². The number of aryl methyl sites for hydroxylation is 1. The third-order valence-electron chi connectivity index (χ3n) is 4.17. The number of ether oxygens (including phenoxy) is 2. The van der Waals surface area contributed by atoms with Gasteiger partial charge in [-0.1, -0.05) is 51.2 Å². The van der Waals surface area contributed by atoms with Crippen molar-refractivity contribution in [1.29, 1.82) is 0 Å². The zero-order valence-corrected chi connectivity index (χ0v) is 19.8. The third kappa shape index (κ3) is 16.5. The zero-order chi connectivity index (χ0) is 19.1. The molecule has 0 aromatic heterocycles. The molecule has 0 atom stereocenters. The van der Waals surface area contributed by atoms with Crippen molar-refractivity contribution in [3.8, 4) is 5.75 Å². The Morgan fingerprint density at radius 3 is 2.19 bits per heavy atom. The van der Waals surface area contributed by atoms with E-state index in [2.05, 4.69) is 19.1 Å². The van der Waals surface area contributed by atoms with Gasteiger partial charge in [-0.05, 0) is 43.4 Å². The summed E-state index contributed by atoms with van der Waals surface area (Å²) < 4.78 is 42.3. The zero-order valence-electron chi connectivity index (χ0n) is 17.0. The molecule has 0 unspecified atom stereocenters. The predicted octanol–water partition coefficient (Wildman–Crippen LogP) is 1.31. The van der Waals surface area contributed by atoms with Crippen LogP contribution in [0.2, 0.25) is 0 Å². The van der Waals surface area contributed by atoms with Crippen molar-refractivity contribution in [2.45, 2.75) is 64.7 Å². The van der Waals surface area contributed by atoms with Gasteiger partial charge in [0.1, 0.15) is 12.4 Å². The van der Waals surface area contributed by atoms with Gasteiger partial charge in [0.15, 0.2) is 0 Å². The van der Waals surface area contributed by atoms with Gasteiger partial charge in [-0.2, -0.15) is 0 Å². The first-order chi connectivity index (χ1) is 12.5. The fraction of sp³-hybridized carbons (Fsp3) is 0.700. The summed E-state index contributed by atoms with van der Waals surface area (Å²) in [5, 5.41) is 0. The van der Waals surface area contributed by atoms with Crippen molar-refractivity contribution in [1.82, 2.24) is 0 Å². The molecule has 0 N–H and O–H groups in total. The van der Waals surface area contributed by atoms with Crippen LogP contribution in [0, 0.1) is 0 Å². The summed E-state index contributed by atoms with van der Waals surface area (Å²) in [4.78, 5) is 0. The van der Waals surface area contributed by atoms with Crippen LogP contribution in [0.3, 0.4) is 0 Å². The first-order valence-corrected chi connectivity index (χ1v) is 11.3. The van der Waals surface area contributed by atoms with E-state index in [-0.39, 0.29) is 35.3 Å². The van der Waals surface area contributed by atoms with E-state index in [0.29, 0.717) is 32.7 Å². The molecule has 0 bridgehead atoms. The van der Waals surface area contributed by atoms with Crippen molar-refractivity contribution in [2.24, 2.45) is 0 Å². The molecule has 1 aromatic rings. The van der Waals surface area contributed by atoms with Gasteiger partial charge in [-0.15, -0.1) is 0 Å². The Kier molecular flexibility index (Phi) is 16.7. The average molecular weight is 409 g/mol. The van der Waals surface area contributed by atoms with E-state index in [1.54, 1.807) is 0 Å². The summed E-state index contributed by atoms with van der Waals surface area (Å²) in [5.41, 5.74) is 1.34. The number of rotatable bonds is 16. The minimum atomic E-state index is -4.10. The summed E-state index contributed by atoms with van der Waals surface area (Å²) >= 11 is 0. The van der Waals surface area contributed by atoms with E-state index in [1.165, 1.54) is 44.1 Å². The Labute approximate surface area is 187 Å². The van der Waals surface area contributed by atoms with Crippen LogP contribution in [0.4, 0.5) is 0 Å². The Balaban J connectivity index is 0.00000676. The van der Waals surface area contributed by atoms with Gasteiger partial charge in [-0.3, -0.25) is 0 Å². The van der Waals surface area contributed by atoms with Crippen LogP contribution in [-0.4, -0.2) is 38.5 Å². The monoisotopic (exact) mass is 408 g/mol. The smallest absolute Gasteiger partial charge is 0.748 e. The number of unbranched alkanes of at least 4 members (excludes halogenated alkanes) is 6. The van der Waals surface area contributed by atoms with E-state index >= 15 is 0 Å². The third-order valence-corrected chi connectivity index (χ3v) is 4.96. The van der Waals surface area contributed by atoms with E-state index in [1.807, 2.05) is 12.1 Å². The second-order valence-electron chi connectivity index (χ2n) is 6.59. The molecule has 0 radical (unpaired) electrons. The molecule has 0 spiro atoms. The number of benzene rings is 1. The molecular formula is C20H33NaO5S. The van der Waals surface area contributed by atoms with Gasteiger partial charge >= 0.3 is 29.6 Å². The van der Waals surface area contributed by atoms with Crippen LogP contribution in [0.5, 0.6) is 5.75 Å². The fourth-order valence-corrected chi connectivity index (χ4v) is 3.22. The molecule has 0 aliphatic carbocycles. The molecule has 0 aliphatic rings. The van der Waals surface area contributed by atoms with Crippen molar-refractivity contribution in [2.75, 3.05) is 25.6 Å². The molecule has 0 saturated heterocycles.